The average molecular weight is 436 g/mol. The fourth-order valence-electron chi connectivity index (χ4n) is 2.91. The predicted molar refractivity (Wildman–Crippen MR) is 114 cm³/mol. The highest BCUT2D eigenvalue weighted by molar-refractivity contribution is 6.43. The van der Waals surface area contributed by atoms with Gasteiger partial charge in [0.1, 0.15) is 5.69 Å². The summed E-state index contributed by atoms with van der Waals surface area (Å²) in [6.07, 6.45) is 2.24. The molecule has 2 atom stereocenters. The zero-order chi connectivity index (χ0) is 23.4. The Kier molecular flexibility index (Phi) is 11.1. The summed E-state index contributed by atoms with van der Waals surface area (Å²) in [6.45, 7) is 3.86. The van der Waals surface area contributed by atoms with Gasteiger partial charge >= 0.3 is 7.12 Å². The van der Waals surface area contributed by atoms with Crippen molar-refractivity contribution in [3.05, 3.63) is 40.2 Å². The first-order valence-electron chi connectivity index (χ1n) is 9.91. The molecule has 0 aliphatic rings. The molecular weight excluding hydrogens is 407 g/mol. The van der Waals surface area contributed by atoms with E-state index in [1.54, 1.807) is 23.6 Å². The first kappa shape index (κ1) is 26.0. The largest absolute Gasteiger partial charge is 0.475 e. The summed E-state index contributed by atoms with van der Waals surface area (Å²) in [5, 5.41) is 31.2. The first-order chi connectivity index (χ1) is 14.6. The maximum absolute atomic E-state index is 12.8. The second kappa shape index (κ2) is 13.3. The quantitative estimate of drug-likeness (QED) is 0.0524. The van der Waals surface area contributed by atoms with Gasteiger partial charge in [0, 0.05) is 25.1 Å². The lowest BCUT2D eigenvalue weighted by Gasteiger charge is -2.23. The molecule has 1 aromatic rings. The van der Waals surface area contributed by atoms with E-state index in [-0.39, 0.29) is 42.7 Å². The number of amides is 1. The van der Waals surface area contributed by atoms with Crippen LogP contribution < -0.4 is 16.5 Å². The van der Waals surface area contributed by atoms with Crippen LogP contribution in [-0.4, -0.2) is 57.3 Å². The van der Waals surface area contributed by atoms with Crippen LogP contribution in [0.3, 0.4) is 0 Å². The highest BCUT2D eigenvalue weighted by atomic mass is 16.7. The molecule has 0 bridgehead atoms. The highest BCUT2D eigenvalue weighted by Gasteiger charge is 2.30. The number of hydrogen-bond acceptors (Lipinski definition) is 8. The number of aliphatic imine (C=N–C) groups is 1. The summed E-state index contributed by atoms with van der Waals surface area (Å²) < 4.78 is 0. The molecule has 0 unspecified atom stereocenters. The van der Waals surface area contributed by atoms with Crippen molar-refractivity contribution >= 4 is 24.8 Å². The smallest absolute Gasteiger partial charge is 0.426 e. The van der Waals surface area contributed by atoms with Crippen molar-refractivity contribution in [1.29, 1.82) is 0 Å². The van der Waals surface area contributed by atoms with Crippen LogP contribution in [0.4, 0.5) is 0 Å². The molecule has 0 saturated carbocycles. The van der Waals surface area contributed by atoms with Crippen LogP contribution in [0.2, 0.25) is 0 Å². The number of rotatable bonds is 13. The molecule has 0 spiro atoms. The van der Waals surface area contributed by atoms with Crippen LogP contribution in [0.5, 0.6) is 0 Å². The molecule has 0 saturated heterocycles. The normalized spacial score (nSPS) is 13.4. The van der Waals surface area contributed by atoms with Crippen LogP contribution in [0.25, 0.3) is 0 Å². The maximum Gasteiger partial charge on any atom is 0.475 e. The Bertz CT molecular complexity index is 761. The van der Waals surface area contributed by atoms with Gasteiger partial charge in [-0.3, -0.25) is 14.6 Å². The van der Waals surface area contributed by atoms with Gasteiger partial charge in [0.2, 0.25) is 5.91 Å². The minimum absolute atomic E-state index is 0.103. The number of carbonyl (C=O) groups is 2. The van der Waals surface area contributed by atoms with Gasteiger partial charge in [-0.15, -0.1) is 0 Å². The summed E-state index contributed by atoms with van der Waals surface area (Å²) in [7, 11) is -1.74. The third-order valence-electron chi connectivity index (χ3n) is 4.36. The number of ketones is 1. The fraction of sp³-hybridized carbons (Fsp3) is 0.556. The minimum Gasteiger partial charge on any atom is -0.426 e. The number of Topliss-reactive ketones (excluding diaryl/α,β-unsaturated/α-hetero) is 1. The molecule has 0 aliphatic carbocycles. The van der Waals surface area contributed by atoms with Gasteiger partial charge in [-0.2, -0.15) is 0 Å². The summed E-state index contributed by atoms with van der Waals surface area (Å²) in [5.41, 5.74) is 7.29. The number of hydrogen-bond donors (Lipinski definition) is 5. The summed E-state index contributed by atoms with van der Waals surface area (Å²) in [6, 6.07) is 4.88. The Labute approximate surface area is 180 Å². The topological polar surface area (TPSA) is 193 Å². The van der Waals surface area contributed by atoms with Crippen LogP contribution in [-0.2, 0) is 4.79 Å². The Morgan fingerprint density at radius 3 is 2.61 bits per heavy atom. The Morgan fingerprint density at radius 2 is 2.06 bits per heavy atom. The third kappa shape index (κ3) is 10.5. The number of guanidine groups is 1. The van der Waals surface area contributed by atoms with Gasteiger partial charge in [-0.05, 0) is 37.3 Å². The third-order valence-corrected chi connectivity index (χ3v) is 4.36. The molecule has 13 heteroatoms. The molecule has 6 N–H and O–H groups in total. The molecule has 0 fully saturated rings. The number of nitro groups is 1. The Balaban J connectivity index is 2.84. The monoisotopic (exact) mass is 436 g/mol. The molecule has 170 valence electrons. The van der Waals surface area contributed by atoms with Crippen LogP contribution in [0.1, 0.15) is 50.0 Å². The van der Waals surface area contributed by atoms with Crippen molar-refractivity contribution < 1.29 is 24.7 Å². The number of hydrazine groups is 1. The second-order valence-corrected chi connectivity index (χ2v) is 7.48. The van der Waals surface area contributed by atoms with E-state index in [1.165, 1.54) is 6.20 Å². The van der Waals surface area contributed by atoms with Gasteiger partial charge in [0.15, 0.2) is 10.8 Å². The van der Waals surface area contributed by atoms with Gasteiger partial charge in [-0.1, -0.05) is 25.3 Å². The summed E-state index contributed by atoms with van der Waals surface area (Å²) in [4.78, 5) is 43.5. The van der Waals surface area contributed by atoms with Crippen molar-refractivity contribution in [2.75, 3.05) is 6.54 Å². The van der Waals surface area contributed by atoms with Gasteiger partial charge in [-0.25, -0.2) is 15.1 Å². The van der Waals surface area contributed by atoms with E-state index in [2.05, 4.69) is 15.3 Å². The van der Waals surface area contributed by atoms with E-state index in [9.17, 15) is 29.8 Å². The van der Waals surface area contributed by atoms with Gasteiger partial charge < -0.3 is 21.1 Å². The number of nitrogens with one attached hydrogen (secondary N) is 2. The van der Waals surface area contributed by atoms with E-state index < -0.39 is 29.9 Å². The first-order valence-corrected chi connectivity index (χ1v) is 9.91. The van der Waals surface area contributed by atoms with E-state index in [0.717, 1.165) is 0 Å². The van der Waals surface area contributed by atoms with Crippen molar-refractivity contribution in [3.63, 3.8) is 0 Å². The van der Waals surface area contributed by atoms with Gasteiger partial charge in [0.05, 0.1) is 5.94 Å². The van der Waals surface area contributed by atoms with E-state index in [1.807, 2.05) is 13.8 Å². The van der Waals surface area contributed by atoms with Crippen LogP contribution in [0, 0.1) is 22.0 Å². The lowest BCUT2D eigenvalue weighted by Crippen LogP contribution is -2.49. The van der Waals surface area contributed by atoms with Crippen molar-refractivity contribution in [2.24, 2.45) is 22.6 Å². The SMILES string of the molecule is CC(C)C[C@H](NC(=O)[C@H](CCCN=C(N)N[N+](=O)[O-])CC(=O)c1ccccn1)B(O)O. The molecule has 1 amide bonds. The zero-order valence-corrected chi connectivity index (χ0v) is 17.6. The fourth-order valence-corrected chi connectivity index (χ4v) is 2.91. The molecule has 0 aromatic carbocycles. The number of aromatic nitrogens is 1. The molecule has 31 heavy (non-hydrogen) atoms. The Hall–Kier alpha value is -3.06. The molecule has 1 aromatic heterocycles. The lowest BCUT2D eigenvalue weighted by molar-refractivity contribution is -0.525. The van der Waals surface area contributed by atoms with Crippen molar-refractivity contribution in [2.45, 2.75) is 45.5 Å². The van der Waals surface area contributed by atoms with Crippen molar-refractivity contribution in [1.82, 2.24) is 15.7 Å². The van der Waals surface area contributed by atoms with Crippen LogP contribution >= 0.6 is 0 Å². The number of nitrogens with two attached hydrogens (primary N) is 1. The molecule has 1 heterocycles. The summed E-state index contributed by atoms with van der Waals surface area (Å²) in [5.74, 6) is -2.74. The molecule has 12 nitrogen and oxygen atoms in total. The molecular formula is C18H29BN6O6. The second-order valence-electron chi connectivity index (χ2n) is 7.48. The maximum atomic E-state index is 12.8. The van der Waals surface area contributed by atoms with Crippen molar-refractivity contribution in [3.8, 4) is 0 Å². The molecule has 1 rings (SSSR count). The zero-order valence-electron chi connectivity index (χ0n) is 17.6. The van der Waals surface area contributed by atoms with E-state index in [0.29, 0.717) is 12.8 Å². The number of pyridine rings is 1. The lowest BCUT2D eigenvalue weighted by atomic mass is 9.74. The minimum atomic E-state index is -1.74. The molecule has 0 radical (unpaired) electrons. The number of carbonyl (C=O) groups excluding carboxylic acids is 2. The standard InChI is InChI=1S/C18H29BN6O6/c1-12(2)10-16(19(28)29)23-17(27)13(6-5-9-22-18(20)24-25(30)31)11-15(26)14-7-3-4-8-21-14/h3-4,7-8,12-13,16,28-29H,5-6,9-11H2,1-2H3,(H,23,27)(H3,20,22,24)/t13-,16+/m1/s1. The average Bonchev–Trinajstić information content (AvgIpc) is 2.69. The molecule has 0 aliphatic heterocycles. The van der Waals surface area contributed by atoms with Gasteiger partial charge in [0.25, 0.3) is 5.96 Å². The predicted octanol–water partition coefficient (Wildman–Crippen LogP) is -0.310. The number of nitrogens with zero attached hydrogens (tertiary/aromatic N) is 3. The summed E-state index contributed by atoms with van der Waals surface area (Å²) >= 11 is 0. The Morgan fingerprint density at radius 1 is 1.35 bits per heavy atom. The van der Waals surface area contributed by atoms with E-state index in [4.69, 9.17) is 5.73 Å². The van der Waals surface area contributed by atoms with Crippen LogP contribution in [0.15, 0.2) is 29.4 Å². The van der Waals surface area contributed by atoms with E-state index >= 15 is 0 Å². The highest BCUT2D eigenvalue weighted by Crippen LogP contribution is 2.17.